The Bertz CT molecular complexity index is 1190. The SMILES string of the molecule is CN1CC2(CCCN(C(=O)c3cnccn3)CCCOc3cccc(c3)C1=O)CCN(C(=O)C1(C)CC1)CC2. The van der Waals surface area contributed by atoms with Gasteiger partial charge in [0, 0.05) is 63.1 Å². The van der Waals surface area contributed by atoms with E-state index < -0.39 is 0 Å². The van der Waals surface area contributed by atoms with Crippen molar-refractivity contribution in [1.82, 2.24) is 24.7 Å². The second kappa shape index (κ2) is 11.3. The number of carbonyl (C=O) groups is 3. The van der Waals surface area contributed by atoms with Crippen molar-refractivity contribution in [3.8, 4) is 5.75 Å². The maximum Gasteiger partial charge on any atom is 0.274 e. The first-order valence-corrected chi connectivity index (χ1v) is 14.1. The molecule has 2 aliphatic heterocycles. The molecular weight excluding hydrogens is 494 g/mol. The minimum absolute atomic E-state index is 0.0295. The topological polar surface area (TPSA) is 95.9 Å². The maximum absolute atomic E-state index is 13.4. The Kier molecular flexibility index (Phi) is 7.86. The van der Waals surface area contributed by atoms with E-state index in [9.17, 15) is 14.4 Å². The predicted octanol–water partition coefficient (Wildman–Crippen LogP) is 3.66. The summed E-state index contributed by atoms with van der Waals surface area (Å²) in [5.41, 5.74) is 0.646. The summed E-state index contributed by atoms with van der Waals surface area (Å²) in [4.78, 5) is 53.7. The molecule has 0 N–H and O–H groups in total. The lowest BCUT2D eigenvalue weighted by atomic mass is 9.74. The molecule has 0 unspecified atom stereocenters. The summed E-state index contributed by atoms with van der Waals surface area (Å²) in [6, 6.07) is 7.32. The van der Waals surface area contributed by atoms with Crippen molar-refractivity contribution in [2.24, 2.45) is 10.8 Å². The summed E-state index contributed by atoms with van der Waals surface area (Å²) < 4.78 is 5.94. The van der Waals surface area contributed by atoms with Gasteiger partial charge in [0.2, 0.25) is 5.91 Å². The molecule has 5 rings (SSSR count). The molecule has 3 heterocycles. The van der Waals surface area contributed by atoms with Crippen LogP contribution in [0.4, 0.5) is 0 Å². The zero-order valence-corrected chi connectivity index (χ0v) is 23.1. The molecule has 9 heteroatoms. The maximum atomic E-state index is 13.4. The van der Waals surface area contributed by atoms with Gasteiger partial charge < -0.3 is 19.4 Å². The van der Waals surface area contributed by atoms with Crippen LogP contribution in [0.25, 0.3) is 0 Å². The molecule has 0 radical (unpaired) electrons. The molecule has 1 aromatic heterocycles. The third kappa shape index (κ3) is 6.23. The zero-order valence-electron chi connectivity index (χ0n) is 23.1. The van der Waals surface area contributed by atoms with Crippen molar-refractivity contribution in [2.75, 3.05) is 46.4 Å². The summed E-state index contributed by atoms with van der Waals surface area (Å²) in [5.74, 6) is 0.759. The van der Waals surface area contributed by atoms with Gasteiger partial charge >= 0.3 is 0 Å². The largest absolute Gasteiger partial charge is 0.494 e. The smallest absolute Gasteiger partial charge is 0.274 e. The van der Waals surface area contributed by atoms with Crippen LogP contribution >= 0.6 is 0 Å². The van der Waals surface area contributed by atoms with Gasteiger partial charge in [0.05, 0.1) is 12.8 Å². The van der Waals surface area contributed by atoms with E-state index in [2.05, 4.69) is 16.9 Å². The molecule has 1 aliphatic carbocycles. The predicted molar refractivity (Wildman–Crippen MR) is 146 cm³/mol. The zero-order chi connectivity index (χ0) is 27.5. The van der Waals surface area contributed by atoms with Crippen LogP contribution in [0.2, 0.25) is 0 Å². The number of aromatic nitrogens is 2. The standard InChI is InChI=1S/C30H39N5O4/c1-29(9-10-29)28(38)35-17-11-30(12-18-35)8-4-15-34(27(37)25-21-31-13-14-32-25)16-5-19-39-24-7-3-6-23(20-24)26(36)33(2)22-30/h3,6-7,13-14,20-21H,4-5,8-12,15-19,22H2,1-2H3. The summed E-state index contributed by atoms with van der Waals surface area (Å²) >= 11 is 0. The van der Waals surface area contributed by atoms with Crippen LogP contribution in [0.1, 0.15) is 72.7 Å². The fourth-order valence-electron chi connectivity index (χ4n) is 5.95. The third-order valence-electron chi connectivity index (χ3n) is 8.67. The Morgan fingerprint density at radius 2 is 1.72 bits per heavy atom. The van der Waals surface area contributed by atoms with Gasteiger partial charge in [-0.15, -0.1) is 0 Å². The first-order valence-electron chi connectivity index (χ1n) is 14.1. The third-order valence-corrected chi connectivity index (χ3v) is 8.67. The van der Waals surface area contributed by atoms with Crippen molar-refractivity contribution >= 4 is 17.7 Å². The Morgan fingerprint density at radius 3 is 2.44 bits per heavy atom. The number of rotatable bonds is 2. The summed E-state index contributed by atoms with van der Waals surface area (Å²) in [6.07, 6.45) is 10.6. The van der Waals surface area contributed by atoms with E-state index in [0.717, 1.165) is 38.5 Å². The number of ether oxygens (including phenoxy) is 1. The van der Waals surface area contributed by atoms with E-state index in [1.165, 1.54) is 12.4 Å². The fraction of sp³-hybridized carbons (Fsp3) is 0.567. The molecule has 1 spiro atoms. The monoisotopic (exact) mass is 533 g/mol. The Hall–Kier alpha value is -3.49. The van der Waals surface area contributed by atoms with E-state index in [0.29, 0.717) is 62.8 Å². The van der Waals surface area contributed by atoms with Crippen molar-refractivity contribution < 1.29 is 19.1 Å². The number of hydrogen-bond donors (Lipinski definition) is 0. The quantitative estimate of drug-likeness (QED) is 0.585. The Labute approximate surface area is 230 Å². The van der Waals surface area contributed by atoms with Gasteiger partial charge in [-0.3, -0.25) is 19.4 Å². The van der Waals surface area contributed by atoms with Crippen molar-refractivity contribution in [2.45, 2.75) is 51.9 Å². The number of fused-ring (bicyclic) bond motifs is 2. The molecule has 1 saturated carbocycles. The van der Waals surface area contributed by atoms with Crippen molar-refractivity contribution in [3.05, 3.63) is 54.1 Å². The Morgan fingerprint density at radius 1 is 0.949 bits per heavy atom. The molecule has 1 saturated heterocycles. The highest BCUT2D eigenvalue weighted by molar-refractivity contribution is 5.94. The molecule has 2 bridgehead atoms. The first kappa shape index (κ1) is 27.1. The number of likely N-dealkylation sites (tertiary alicyclic amines) is 1. The number of benzene rings is 1. The Balaban J connectivity index is 1.36. The van der Waals surface area contributed by atoms with Gasteiger partial charge in [0.1, 0.15) is 11.4 Å². The summed E-state index contributed by atoms with van der Waals surface area (Å²) in [7, 11) is 1.86. The van der Waals surface area contributed by atoms with Crippen LogP contribution in [0.5, 0.6) is 5.75 Å². The second-order valence-corrected chi connectivity index (χ2v) is 11.7. The molecule has 3 amide bonds. The van der Waals surface area contributed by atoms with E-state index in [4.69, 9.17) is 4.74 Å². The molecule has 2 aromatic rings. The van der Waals surface area contributed by atoms with Crippen LogP contribution in [0, 0.1) is 10.8 Å². The minimum atomic E-state index is -0.173. The van der Waals surface area contributed by atoms with Gasteiger partial charge in [-0.1, -0.05) is 13.0 Å². The molecule has 39 heavy (non-hydrogen) atoms. The highest BCUT2D eigenvalue weighted by atomic mass is 16.5. The second-order valence-electron chi connectivity index (χ2n) is 11.7. The lowest BCUT2D eigenvalue weighted by molar-refractivity contribution is -0.139. The lowest BCUT2D eigenvalue weighted by Crippen LogP contribution is -2.50. The fourth-order valence-corrected chi connectivity index (χ4v) is 5.95. The van der Waals surface area contributed by atoms with Crippen LogP contribution < -0.4 is 4.74 Å². The number of amides is 3. The van der Waals surface area contributed by atoms with E-state index >= 15 is 0 Å². The van der Waals surface area contributed by atoms with Gasteiger partial charge in [-0.05, 0) is 68.6 Å². The van der Waals surface area contributed by atoms with Gasteiger partial charge in [-0.2, -0.15) is 0 Å². The molecular formula is C30H39N5O4. The number of nitrogens with zero attached hydrogens (tertiary/aromatic N) is 5. The highest BCUT2D eigenvalue weighted by Gasteiger charge is 2.48. The highest BCUT2D eigenvalue weighted by Crippen LogP contribution is 2.48. The van der Waals surface area contributed by atoms with Crippen LogP contribution in [0.15, 0.2) is 42.9 Å². The number of carbonyl (C=O) groups excluding carboxylic acids is 3. The van der Waals surface area contributed by atoms with E-state index in [-0.39, 0.29) is 28.6 Å². The molecule has 2 fully saturated rings. The summed E-state index contributed by atoms with van der Waals surface area (Å²) in [5, 5.41) is 0. The molecule has 208 valence electrons. The molecule has 1 aromatic carbocycles. The average Bonchev–Trinajstić information content (AvgIpc) is 3.72. The van der Waals surface area contributed by atoms with Gasteiger partial charge in [0.15, 0.2) is 0 Å². The normalized spacial score (nSPS) is 21.5. The van der Waals surface area contributed by atoms with Crippen molar-refractivity contribution in [1.29, 1.82) is 0 Å². The van der Waals surface area contributed by atoms with Crippen LogP contribution in [-0.2, 0) is 4.79 Å². The molecule has 3 aliphatic rings. The van der Waals surface area contributed by atoms with Crippen LogP contribution in [0.3, 0.4) is 0 Å². The van der Waals surface area contributed by atoms with Crippen molar-refractivity contribution in [3.63, 3.8) is 0 Å². The number of hydrogen-bond acceptors (Lipinski definition) is 6. The first-order chi connectivity index (χ1) is 18.8. The molecule has 0 atom stereocenters. The minimum Gasteiger partial charge on any atom is -0.494 e. The molecule has 9 nitrogen and oxygen atoms in total. The van der Waals surface area contributed by atoms with E-state index in [1.807, 2.05) is 39.9 Å². The van der Waals surface area contributed by atoms with E-state index in [1.54, 1.807) is 12.3 Å². The summed E-state index contributed by atoms with van der Waals surface area (Å²) in [6.45, 7) is 5.66. The van der Waals surface area contributed by atoms with Gasteiger partial charge in [-0.25, -0.2) is 4.98 Å². The number of piperidine rings is 1. The van der Waals surface area contributed by atoms with Gasteiger partial charge in [0.25, 0.3) is 11.8 Å². The lowest BCUT2D eigenvalue weighted by Gasteiger charge is -2.45. The van der Waals surface area contributed by atoms with Crippen LogP contribution in [-0.4, -0.2) is 88.8 Å². The average molecular weight is 534 g/mol.